The maximum atomic E-state index is 3.31. The third kappa shape index (κ3) is 9.24. The molecule has 0 saturated carbocycles. The van der Waals surface area contributed by atoms with Crippen LogP contribution in [-0.2, 0) is 22.9 Å². The van der Waals surface area contributed by atoms with Crippen molar-refractivity contribution in [2.24, 2.45) is 0 Å². The van der Waals surface area contributed by atoms with Gasteiger partial charge in [0.15, 0.2) is 0 Å². The van der Waals surface area contributed by atoms with Crippen LogP contribution in [-0.4, -0.2) is 18.0 Å². The Morgan fingerprint density at radius 1 is 1.11 bits per heavy atom. The Bertz CT molecular complexity index is 258. The van der Waals surface area contributed by atoms with E-state index >= 15 is 0 Å². The summed E-state index contributed by atoms with van der Waals surface area (Å²) in [5.74, 6) is 0. The molecule has 0 saturated heterocycles. The summed E-state index contributed by atoms with van der Waals surface area (Å²) in [6, 6.07) is 11.6. The molecule has 0 unspecified atom stereocenters. The molecule has 0 N–H and O–H groups in total. The molecule has 1 aromatic carbocycles. The van der Waals surface area contributed by atoms with E-state index in [0.717, 1.165) is 6.54 Å². The van der Waals surface area contributed by atoms with Crippen molar-refractivity contribution in [3.05, 3.63) is 35.9 Å². The van der Waals surface area contributed by atoms with Crippen LogP contribution in [0.25, 0.3) is 0 Å². The Kier molecular flexibility index (Phi) is 13.9. The molecule has 18 heavy (non-hydrogen) atoms. The minimum absolute atomic E-state index is 1.06. The van der Waals surface area contributed by atoms with Gasteiger partial charge in [0.25, 0.3) is 0 Å². The van der Waals surface area contributed by atoms with Crippen molar-refractivity contribution in [3.8, 4) is 0 Å². The molecule has 0 aliphatic rings. The first-order valence-corrected chi connectivity index (χ1v) is 13.8. The van der Waals surface area contributed by atoms with Gasteiger partial charge in [0.1, 0.15) is 0 Å². The Balaban J connectivity index is 0.00000137. The zero-order chi connectivity index (χ0) is 13.6. The first-order chi connectivity index (χ1) is 8.86. The van der Waals surface area contributed by atoms with Crippen molar-refractivity contribution in [2.45, 2.75) is 46.1 Å². The van der Waals surface area contributed by atoms with E-state index < -0.39 is 0 Å². The fourth-order valence-electron chi connectivity index (χ4n) is 1.80. The Morgan fingerprint density at radius 3 is 2.17 bits per heavy atom. The van der Waals surface area contributed by atoms with Crippen molar-refractivity contribution >= 4 is 13.6 Å². The molecule has 0 heterocycles. The van der Waals surface area contributed by atoms with Gasteiger partial charge in [-0.1, -0.05) is 26.7 Å². The van der Waals surface area contributed by atoms with Crippen molar-refractivity contribution in [1.29, 1.82) is 0 Å². The van der Waals surface area contributed by atoms with Crippen LogP contribution in [0.1, 0.15) is 45.1 Å². The number of nitrogens with zero attached hydrogens (tertiary/aromatic N) is 1. The Labute approximate surface area is 129 Å². The molecular weight excluding hydrogens is 339 g/mol. The van der Waals surface area contributed by atoms with E-state index in [1.165, 1.54) is 60.7 Å². The second kappa shape index (κ2) is 13.7. The van der Waals surface area contributed by atoms with Gasteiger partial charge in [-0.2, -0.15) is 30.3 Å². The summed E-state index contributed by atoms with van der Waals surface area (Å²) in [5, 5.41) is 0. The van der Waals surface area contributed by atoms with Gasteiger partial charge in [-0.3, -0.25) is 0 Å². The second-order valence-electron chi connectivity index (χ2n) is 4.37. The molecule has 0 aromatic heterocycles. The molecule has 0 atom stereocenters. The fraction of sp³-hybridized carbons (Fsp3) is 0.600. The molecule has 3 heteroatoms. The van der Waals surface area contributed by atoms with Crippen LogP contribution in [0.5, 0.6) is 0 Å². The predicted octanol–water partition coefficient (Wildman–Crippen LogP) is 4.73. The number of hydrogen-bond acceptors (Lipinski definition) is 1. The molecule has 0 aliphatic carbocycles. The number of rotatable bonds is 8. The molecule has 0 amide bonds. The maximum absolute atomic E-state index is 3.31. The molecule has 0 spiro atoms. The number of halogens is 1. The molecule has 0 aliphatic heterocycles. The topological polar surface area (TPSA) is 3.24 Å². The molecule has 1 aromatic rings. The first kappa shape index (κ1) is 18.3. The van der Waals surface area contributed by atoms with Crippen LogP contribution in [0.2, 0.25) is 0 Å². The summed E-state index contributed by atoms with van der Waals surface area (Å²) in [4.78, 5) is 2.55. The summed E-state index contributed by atoms with van der Waals surface area (Å²) in [5.41, 5.74) is 1.31. The van der Waals surface area contributed by atoms with Gasteiger partial charge in [0.05, 0.1) is 0 Å². The molecule has 0 fully saturated rings. The zero-order valence-corrected chi connectivity index (χ0v) is 16.3. The van der Waals surface area contributed by atoms with E-state index in [9.17, 15) is 0 Å². The van der Waals surface area contributed by atoms with Gasteiger partial charge in [0.2, 0.25) is 0 Å². The monoisotopic (exact) mass is 361 g/mol. The summed E-state index contributed by atoms with van der Waals surface area (Å²) >= 11 is 4.25. The molecule has 0 radical (unpaired) electrons. The number of unbranched alkanes of at least 4 members (excludes halogenated alkanes) is 2. The van der Waals surface area contributed by atoms with E-state index in [2.05, 4.69) is 50.6 Å². The summed E-state index contributed by atoms with van der Waals surface area (Å²) in [7, 11) is 0. The van der Waals surface area contributed by atoms with Crippen LogP contribution < -0.4 is 0 Å². The van der Waals surface area contributed by atoms with Crippen molar-refractivity contribution in [2.75, 3.05) is 13.1 Å². The molecule has 0 bridgehead atoms. The summed E-state index contributed by atoms with van der Waals surface area (Å²) < 4.78 is 0. The van der Waals surface area contributed by atoms with Crippen molar-refractivity contribution < 1.29 is 16.3 Å². The Morgan fingerprint density at radius 2 is 1.72 bits per heavy atom. The van der Waals surface area contributed by atoms with Crippen LogP contribution in [0.15, 0.2) is 24.3 Å². The van der Waals surface area contributed by atoms with Crippen LogP contribution >= 0.6 is 13.6 Å². The van der Waals surface area contributed by atoms with Gasteiger partial charge in [-0.15, -0.1) is 5.56 Å². The molecule has 98 valence electrons. The number of hydrogen-bond donors (Lipinski definition) is 0. The third-order valence-electron chi connectivity index (χ3n) is 2.82. The van der Waals surface area contributed by atoms with Crippen molar-refractivity contribution in [1.82, 2.24) is 4.90 Å². The predicted molar refractivity (Wildman–Crippen MR) is 79.3 cm³/mol. The summed E-state index contributed by atoms with van der Waals surface area (Å²) in [6.45, 7) is 8.01. The SMILES string of the molecule is CCCCN(CCCC)Cc1[c-]cccc1.[Zn+][Br]. The zero-order valence-electron chi connectivity index (χ0n) is 11.8. The van der Waals surface area contributed by atoms with Crippen molar-refractivity contribution in [3.63, 3.8) is 0 Å². The van der Waals surface area contributed by atoms with E-state index in [0.29, 0.717) is 0 Å². The Hall–Kier alpha value is 0.283. The normalized spacial score (nSPS) is 10.1. The van der Waals surface area contributed by atoms with E-state index in [1.807, 2.05) is 12.1 Å². The van der Waals surface area contributed by atoms with E-state index in [1.54, 1.807) is 0 Å². The molecule has 1 nitrogen and oxygen atoms in total. The second-order valence-corrected chi connectivity index (χ2v) is 4.37. The molecule has 1 rings (SSSR count). The third-order valence-corrected chi connectivity index (χ3v) is 2.82. The standard InChI is InChI=1S/C15H24N.BrH.Zn/c1-3-5-12-16(13-6-4-2)14-15-10-8-7-9-11-15;;/h7-10H,3-6,12-14H2,1-2H3;1H;/q-1;;+2/p-1. The van der Waals surface area contributed by atoms with Gasteiger partial charge in [-0.05, 0) is 25.9 Å². The van der Waals surface area contributed by atoms with Gasteiger partial charge in [-0.25, -0.2) is 0 Å². The quantitative estimate of drug-likeness (QED) is 0.477. The average Bonchev–Trinajstić information content (AvgIpc) is 2.45. The number of benzene rings is 1. The van der Waals surface area contributed by atoms with Crippen LogP contribution in [0.3, 0.4) is 0 Å². The van der Waals surface area contributed by atoms with Gasteiger partial charge >= 0.3 is 30.0 Å². The van der Waals surface area contributed by atoms with E-state index in [-0.39, 0.29) is 0 Å². The fourth-order valence-corrected chi connectivity index (χ4v) is 1.80. The van der Waals surface area contributed by atoms with Crippen LogP contribution in [0, 0.1) is 6.07 Å². The van der Waals surface area contributed by atoms with Crippen LogP contribution in [0.4, 0.5) is 0 Å². The molecular formula is C15H24BrNZn. The first-order valence-electron chi connectivity index (χ1n) is 6.81. The summed E-state index contributed by atoms with van der Waals surface area (Å²) in [6.07, 6.45) is 5.16. The van der Waals surface area contributed by atoms with Gasteiger partial charge < -0.3 is 4.90 Å². The average molecular weight is 364 g/mol. The van der Waals surface area contributed by atoms with Gasteiger partial charge in [0, 0.05) is 6.54 Å². The minimum atomic E-state index is 1.06. The van der Waals surface area contributed by atoms with E-state index in [4.69, 9.17) is 0 Å².